The van der Waals surface area contributed by atoms with Crippen LogP contribution in [0, 0.1) is 12.7 Å². The lowest BCUT2D eigenvalue weighted by molar-refractivity contribution is 0.215. The van der Waals surface area contributed by atoms with Crippen molar-refractivity contribution in [1.82, 2.24) is 14.9 Å². The second-order valence-corrected chi connectivity index (χ2v) is 8.66. The number of benzene rings is 2. The van der Waals surface area contributed by atoms with Gasteiger partial charge >= 0.3 is 6.03 Å². The number of carbonyl (C=O) groups excluding carboxylic acids is 1. The second-order valence-electron chi connectivity index (χ2n) is 8.66. The number of nitrogens with one attached hydrogen (secondary N) is 1. The van der Waals surface area contributed by atoms with Crippen LogP contribution in [0.4, 0.5) is 20.7 Å². The number of halogens is 1. The van der Waals surface area contributed by atoms with Crippen LogP contribution in [0.1, 0.15) is 37.4 Å². The van der Waals surface area contributed by atoms with Gasteiger partial charge in [0.05, 0.1) is 0 Å². The highest BCUT2D eigenvalue weighted by Crippen LogP contribution is 2.31. The van der Waals surface area contributed by atoms with Crippen molar-refractivity contribution in [2.24, 2.45) is 0 Å². The minimum atomic E-state index is -0.371. The number of nitrogens with zero attached hydrogens (tertiary/aromatic N) is 4. The summed E-state index contributed by atoms with van der Waals surface area (Å²) in [6.07, 6.45) is 0.817. The molecule has 0 bridgehead atoms. The molecule has 1 N–H and O–H groups in total. The number of hydrogen-bond donors (Lipinski definition) is 1. The number of amides is 2. The first kappa shape index (κ1) is 22.7. The third kappa shape index (κ3) is 5.30. The molecule has 0 aliphatic carbocycles. The van der Waals surface area contributed by atoms with Crippen molar-refractivity contribution in [1.29, 1.82) is 0 Å². The number of aromatic nitrogens is 2. The van der Waals surface area contributed by atoms with Crippen molar-refractivity contribution < 1.29 is 9.18 Å². The molecule has 1 saturated heterocycles. The Hall–Kier alpha value is -3.48. The summed E-state index contributed by atoms with van der Waals surface area (Å²) in [5.41, 5.74) is 3.58. The van der Waals surface area contributed by atoms with Gasteiger partial charge in [-0.15, -0.1) is 0 Å². The fraction of sp³-hybridized carbons (Fsp3) is 0.346. The first-order valence-corrected chi connectivity index (χ1v) is 11.4. The summed E-state index contributed by atoms with van der Waals surface area (Å²) in [7, 11) is 0. The smallest absolute Gasteiger partial charge is 0.321 e. The van der Waals surface area contributed by atoms with E-state index in [4.69, 9.17) is 9.97 Å². The topological polar surface area (TPSA) is 61.4 Å². The first-order chi connectivity index (χ1) is 15.9. The fourth-order valence-corrected chi connectivity index (χ4v) is 4.30. The van der Waals surface area contributed by atoms with Crippen molar-refractivity contribution >= 4 is 17.5 Å². The van der Waals surface area contributed by atoms with Gasteiger partial charge in [0, 0.05) is 48.7 Å². The maximum Gasteiger partial charge on any atom is 0.321 e. The molecule has 3 aromatic rings. The van der Waals surface area contributed by atoms with Gasteiger partial charge in [0.25, 0.3) is 0 Å². The molecule has 1 aliphatic rings. The maximum atomic E-state index is 13.5. The summed E-state index contributed by atoms with van der Waals surface area (Å²) in [5.74, 6) is 1.58. The van der Waals surface area contributed by atoms with Gasteiger partial charge in [-0.05, 0) is 37.5 Å². The normalized spacial score (nSPS) is 14.3. The molecule has 2 heterocycles. The van der Waals surface area contributed by atoms with Gasteiger partial charge < -0.3 is 15.1 Å². The lowest BCUT2D eigenvalue weighted by Gasteiger charge is -2.27. The molecule has 33 heavy (non-hydrogen) atoms. The SMILES string of the molecule is Cc1nc(-c2ccccc2)nc(N2CCCN(C(=O)Nc3cccc(F)c3)CC2)c1C(C)C. The molecule has 4 rings (SSSR count). The van der Waals surface area contributed by atoms with Crippen LogP contribution in [0.3, 0.4) is 0 Å². The summed E-state index contributed by atoms with van der Waals surface area (Å²) in [4.78, 5) is 26.6. The monoisotopic (exact) mass is 447 g/mol. The number of carbonyl (C=O) groups is 1. The molecule has 7 heteroatoms. The molecule has 1 fully saturated rings. The van der Waals surface area contributed by atoms with Gasteiger partial charge in [-0.1, -0.05) is 50.2 Å². The molecule has 0 atom stereocenters. The lowest BCUT2D eigenvalue weighted by atomic mass is 10.0. The van der Waals surface area contributed by atoms with E-state index in [2.05, 4.69) is 24.1 Å². The molecular formula is C26H30FN5O. The minimum Gasteiger partial charge on any atom is -0.354 e. The molecule has 1 aliphatic heterocycles. The summed E-state index contributed by atoms with van der Waals surface area (Å²) >= 11 is 0. The van der Waals surface area contributed by atoms with Crippen LogP contribution in [0.2, 0.25) is 0 Å². The Labute approximate surface area is 194 Å². The van der Waals surface area contributed by atoms with E-state index >= 15 is 0 Å². The molecule has 6 nitrogen and oxygen atoms in total. The van der Waals surface area contributed by atoms with E-state index in [1.54, 1.807) is 17.0 Å². The van der Waals surface area contributed by atoms with Gasteiger partial charge in [0.15, 0.2) is 5.82 Å². The van der Waals surface area contributed by atoms with Crippen LogP contribution in [0.15, 0.2) is 54.6 Å². The van der Waals surface area contributed by atoms with E-state index < -0.39 is 0 Å². The van der Waals surface area contributed by atoms with E-state index in [1.807, 2.05) is 37.3 Å². The number of aryl methyl sites for hydroxylation is 1. The molecule has 2 aromatic carbocycles. The predicted octanol–water partition coefficient (Wildman–Crippen LogP) is 5.46. The molecule has 0 unspecified atom stereocenters. The van der Waals surface area contributed by atoms with Gasteiger partial charge in [-0.2, -0.15) is 0 Å². The highest BCUT2D eigenvalue weighted by molar-refractivity contribution is 5.89. The zero-order chi connectivity index (χ0) is 23.4. The average molecular weight is 448 g/mol. The third-order valence-electron chi connectivity index (χ3n) is 5.88. The third-order valence-corrected chi connectivity index (χ3v) is 5.88. The Bertz CT molecular complexity index is 1120. The van der Waals surface area contributed by atoms with E-state index in [-0.39, 0.29) is 17.8 Å². The number of anilines is 2. The molecule has 0 spiro atoms. The Kier molecular flexibility index (Phi) is 6.87. The van der Waals surface area contributed by atoms with Gasteiger partial charge in [0.1, 0.15) is 11.6 Å². The van der Waals surface area contributed by atoms with Crippen LogP contribution < -0.4 is 10.2 Å². The Morgan fingerprint density at radius 2 is 1.79 bits per heavy atom. The zero-order valence-corrected chi connectivity index (χ0v) is 19.4. The van der Waals surface area contributed by atoms with E-state index in [1.165, 1.54) is 12.1 Å². The quantitative estimate of drug-likeness (QED) is 0.577. The van der Waals surface area contributed by atoms with Gasteiger partial charge in [-0.25, -0.2) is 19.2 Å². The van der Waals surface area contributed by atoms with Gasteiger partial charge in [-0.3, -0.25) is 0 Å². The highest BCUT2D eigenvalue weighted by atomic mass is 19.1. The van der Waals surface area contributed by atoms with Crippen molar-refractivity contribution in [3.63, 3.8) is 0 Å². The summed E-state index contributed by atoms with van der Waals surface area (Å²) < 4.78 is 13.5. The molecule has 0 radical (unpaired) electrons. The molecular weight excluding hydrogens is 417 g/mol. The van der Waals surface area contributed by atoms with Gasteiger partial charge in [0.2, 0.25) is 0 Å². The molecule has 1 aromatic heterocycles. The minimum absolute atomic E-state index is 0.213. The average Bonchev–Trinajstić information content (AvgIpc) is 3.05. The Morgan fingerprint density at radius 3 is 2.52 bits per heavy atom. The van der Waals surface area contributed by atoms with Crippen LogP contribution in [-0.4, -0.2) is 47.1 Å². The molecule has 0 saturated carbocycles. The number of hydrogen-bond acceptors (Lipinski definition) is 4. The number of urea groups is 1. The van der Waals surface area contributed by atoms with Crippen LogP contribution in [-0.2, 0) is 0 Å². The van der Waals surface area contributed by atoms with Crippen LogP contribution in [0.25, 0.3) is 11.4 Å². The second kappa shape index (κ2) is 9.98. The predicted molar refractivity (Wildman–Crippen MR) is 130 cm³/mol. The Morgan fingerprint density at radius 1 is 1.00 bits per heavy atom. The van der Waals surface area contributed by atoms with E-state index in [0.29, 0.717) is 25.3 Å². The van der Waals surface area contributed by atoms with Crippen molar-refractivity contribution in [3.05, 3.63) is 71.7 Å². The maximum absolute atomic E-state index is 13.5. The fourth-order valence-electron chi connectivity index (χ4n) is 4.30. The van der Waals surface area contributed by atoms with Crippen molar-refractivity contribution in [2.45, 2.75) is 33.1 Å². The number of rotatable bonds is 4. The van der Waals surface area contributed by atoms with Crippen LogP contribution in [0.5, 0.6) is 0 Å². The lowest BCUT2D eigenvalue weighted by Crippen LogP contribution is -2.38. The first-order valence-electron chi connectivity index (χ1n) is 11.4. The molecule has 172 valence electrons. The zero-order valence-electron chi connectivity index (χ0n) is 19.4. The van der Waals surface area contributed by atoms with Crippen molar-refractivity contribution in [2.75, 3.05) is 36.4 Å². The molecule has 2 amide bonds. The van der Waals surface area contributed by atoms with E-state index in [9.17, 15) is 9.18 Å². The van der Waals surface area contributed by atoms with E-state index in [0.717, 1.165) is 41.4 Å². The Balaban J connectivity index is 1.55. The summed E-state index contributed by atoms with van der Waals surface area (Å²) in [5, 5.41) is 2.81. The largest absolute Gasteiger partial charge is 0.354 e. The summed E-state index contributed by atoms with van der Waals surface area (Å²) in [6.45, 7) is 9.02. The highest BCUT2D eigenvalue weighted by Gasteiger charge is 2.24. The van der Waals surface area contributed by atoms with Crippen LogP contribution >= 0.6 is 0 Å². The standard InChI is InChI=1S/C26H30FN5O/c1-18(2)23-19(3)28-24(20-9-5-4-6-10-20)30-25(23)31-13-8-14-32(16-15-31)26(33)29-22-12-7-11-21(27)17-22/h4-7,9-12,17-18H,8,13-16H2,1-3H3,(H,29,33). The van der Waals surface area contributed by atoms with Crippen molar-refractivity contribution in [3.8, 4) is 11.4 Å². The summed E-state index contributed by atoms with van der Waals surface area (Å²) in [6, 6.07) is 15.8.